The number of hydrogen-bond acceptors (Lipinski definition) is 1. The van der Waals surface area contributed by atoms with E-state index in [2.05, 4.69) is 0 Å². The summed E-state index contributed by atoms with van der Waals surface area (Å²) in [5.41, 5.74) is 1.57. The fourth-order valence-corrected chi connectivity index (χ4v) is 4.95. The SMILES string of the molecule is [2H]c1c([2H])c([2H])c2c([2H])c3c(c(-c4cccc5oc6cc7ccccc7cc6c45)c([2H])c4c([2H])c([2H])c([2H])c([2H])c43)c([2H])c2c1[2H]. The molecule has 0 saturated heterocycles. The van der Waals surface area contributed by atoms with Gasteiger partial charge in [-0.15, -0.1) is 0 Å². The van der Waals surface area contributed by atoms with Crippen LogP contribution in [-0.4, -0.2) is 0 Å². The first-order chi connectivity index (χ1) is 21.9. The second-order valence-corrected chi connectivity index (χ2v) is 8.48. The fraction of sp³-hybridized carbons (Fsp3) is 0. The molecule has 35 heavy (non-hydrogen) atoms. The summed E-state index contributed by atoms with van der Waals surface area (Å²) in [6, 6.07) is 11.4. The Hall–Kier alpha value is -4.62. The van der Waals surface area contributed by atoms with E-state index in [0.29, 0.717) is 27.5 Å². The van der Waals surface area contributed by atoms with Gasteiger partial charge in [0.2, 0.25) is 0 Å². The molecule has 0 unspecified atom stereocenters. The normalized spacial score (nSPS) is 16.4. The van der Waals surface area contributed by atoms with E-state index in [0.717, 1.165) is 10.8 Å². The summed E-state index contributed by atoms with van der Waals surface area (Å²) in [6.07, 6.45) is 0. The molecule has 0 spiro atoms. The van der Waals surface area contributed by atoms with Crippen LogP contribution in [0.25, 0.3) is 76.2 Å². The van der Waals surface area contributed by atoms with Crippen LogP contribution >= 0.6 is 0 Å². The lowest BCUT2D eigenvalue weighted by Gasteiger charge is -2.13. The highest BCUT2D eigenvalue weighted by Crippen LogP contribution is 2.43. The van der Waals surface area contributed by atoms with Gasteiger partial charge in [-0.25, -0.2) is 0 Å². The van der Waals surface area contributed by atoms with E-state index < -0.39 is 54.4 Å². The average Bonchev–Trinajstić information content (AvgIpc) is 3.41. The molecule has 0 atom stereocenters. The van der Waals surface area contributed by atoms with Crippen molar-refractivity contribution >= 4 is 65.0 Å². The molecule has 0 amide bonds. The van der Waals surface area contributed by atoms with Gasteiger partial charge in [0.05, 0.1) is 15.1 Å². The number of fused-ring (bicyclic) bond motifs is 8. The van der Waals surface area contributed by atoms with Crippen LogP contribution in [-0.2, 0) is 0 Å². The van der Waals surface area contributed by atoms with E-state index in [1.165, 1.54) is 0 Å². The zero-order valence-electron chi connectivity index (χ0n) is 29.1. The number of rotatable bonds is 1. The summed E-state index contributed by atoms with van der Waals surface area (Å²) in [7, 11) is 0. The van der Waals surface area contributed by atoms with Crippen LogP contribution in [0, 0.1) is 0 Å². The van der Waals surface area contributed by atoms with Crippen molar-refractivity contribution in [3.8, 4) is 11.1 Å². The highest BCUT2D eigenvalue weighted by molar-refractivity contribution is 6.22. The lowest BCUT2D eigenvalue weighted by atomic mass is 9.89. The largest absolute Gasteiger partial charge is 0.456 e. The number of furan rings is 1. The molecule has 1 heterocycles. The molecule has 162 valence electrons. The number of benzene rings is 7. The molecule has 0 aliphatic rings. The molecule has 0 radical (unpaired) electrons. The fourth-order valence-electron chi connectivity index (χ4n) is 4.95. The predicted octanol–water partition coefficient (Wildman–Crippen LogP) is 9.87. The number of hydrogen-bond donors (Lipinski definition) is 0. The van der Waals surface area contributed by atoms with Crippen molar-refractivity contribution in [2.45, 2.75) is 0 Å². The Balaban J connectivity index is 1.71. The first-order valence-electron chi connectivity index (χ1n) is 16.6. The summed E-state index contributed by atoms with van der Waals surface area (Å²) >= 11 is 0. The first kappa shape index (κ1) is 11.2. The van der Waals surface area contributed by atoms with Crippen molar-refractivity contribution in [2.24, 2.45) is 0 Å². The minimum Gasteiger partial charge on any atom is -0.456 e. The molecule has 7 aromatic carbocycles. The van der Waals surface area contributed by atoms with E-state index >= 15 is 0 Å². The van der Waals surface area contributed by atoms with Gasteiger partial charge in [-0.05, 0) is 90.5 Å². The van der Waals surface area contributed by atoms with Crippen molar-refractivity contribution in [3.05, 3.63) is 121 Å². The molecule has 1 nitrogen and oxygen atoms in total. The van der Waals surface area contributed by atoms with Crippen LogP contribution in [0.2, 0.25) is 0 Å². The van der Waals surface area contributed by atoms with Gasteiger partial charge in [-0.3, -0.25) is 0 Å². The molecular weight excluding hydrogens is 424 g/mol. The Labute approximate surface area is 217 Å². The van der Waals surface area contributed by atoms with Gasteiger partial charge in [0.25, 0.3) is 0 Å². The first-order valence-corrected chi connectivity index (χ1v) is 11.1. The van der Waals surface area contributed by atoms with E-state index in [1.54, 1.807) is 18.2 Å². The quantitative estimate of drug-likeness (QED) is 0.177. The van der Waals surface area contributed by atoms with Crippen molar-refractivity contribution < 1.29 is 19.5 Å². The Kier molecular flexibility index (Phi) is 2.22. The Morgan fingerprint density at radius 2 is 1.20 bits per heavy atom. The van der Waals surface area contributed by atoms with Gasteiger partial charge < -0.3 is 4.42 Å². The highest BCUT2D eigenvalue weighted by atomic mass is 16.3. The molecule has 1 aromatic heterocycles. The minimum atomic E-state index is -0.588. The maximum absolute atomic E-state index is 9.50. The molecule has 0 N–H and O–H groups in total. The highest BCUT2D eigenvalue weighted by Gasteiger charge is 2.17. The molecular formula is C34H20O. The topological polar surface area (TPSA) is 13.1 Å². The Morgan fingerprint density at radius 1 is 0.486 bits per heavy atom. The van der Waals surface area contributed by atoms with Crippen molar-refractivity contribution in [3.63, 3.8) is 0 Å². The van der Waals surface area contributed by atoms with Gasteiger partial charge in [0.15, 0.2) is 0 Å². The van der Waals surface area contributed by atoms with Crippen LogP contribution in [0.4, 0.5) is 0 Å². The van der Waals surface area contributed by atoms with E-state index in [-0.39, 0.29) is 50.0 Å². The molecule has 8 aromatic rings. The molecule has 0 saturated carbocycles. The second kappa shape index (κ2) is 6.94. The van der Waals surface area contributed by atoms with Crippen LogP contribution in [0.3, 0.4) is 0 Å². The summed E-state index contributed by atoms with van der Waals surface area (Å²) in [5, 5.41) is 2.34. The summed E-state index contributed by atoms with van der Waals surface area (Å²) in [4.78, 5) is 0. The Bertz CT molecular complexity index is 2710. The second-order valence-electron chi connectivity index (χ2n) is 8.48. The van der Waals surface area contributed by atoms with Crippen LogP contribution in [0.5, 0.6) is 0 Å². The summed E-state index contributed by atoms with van der Waals surface area (Å²) in [6.45, 7) is 0. The third kappa shape index (κ3) is 2.70. The van der Waals surface area contributed by atoms with Gasteiger partial charge in [0.1, 0.15) is 11.2 Å². The van der Waals surface area contributed by atoms with Crippen molar-refractivity contribution in [1.82, 2.24) is 0 Å². The van der Waals surface area contributed by atoms with Crippen molar-refractivity contribution in [1.29, 1.82) is 0 Å². The summed E-state index contributed by atoms with van der Waals surface area (Å²) < 4.78 is 103. The van der Waals surface area contributed by atoms with E-state index in [9.17, 15) is 4.11 Å². The van der Waals surface area contributed by atoms with Crippen molar-refractivity contribution in [2.75, 3.05) is 0 Å². The van der Waals surface area contributed by atoms with E-state index in [1.807, 2.05) is 36.4 Å². The monoisotopic (exact) mass is 455 g/mol. The average molecular weight is 456 g/mol. The predicted molar refractivity (Wildman–Crippen MR) is 149 cm³/mol. The maximum Gasteiger partial charge on any atom is 0.136 e. The third-order valence-electron chi connectivity index (χ3n) is 6.51. The lowest BCUT2D eigenvalue weighted by molar-refractivity contribution is 0.669. The molecule has 8 rings (SSSR count). The molecule has 0 aliphatic heterocycles. The zero-order chi connectivity index (χ0) is 32.5. The minimum absolute atomic E-state index is 0.0206. The molecule has 0 bridgehead atoms. The van der Waals surface area contributed by atoms with Crippen LogP contribution in [0.15, 0.2) is 125 Å². The van der Waals surface area contributed by atoms with Gasteiger partial charge >= 0.3 is 0 Å². The zero-order valence-corrected chi connectivity index (χ0v) is 18.1. The molecule has 1 heteroatoms. The Morgan fingerprint density at radius 3 is 2.03 bits per heavy atom. The smallest absolute Gasteiger partial charge is 0.136 e. The molecule has 0 fully saturated rings. The standard InChI is InChI=1S/C34H20O/c1-2-9-22-17-30-28(16-21(22)8-1)26-13-6-5-12-25(26)19-29(30)27-14-7-15-32-34(27)31-18-23-10-3-4-11-24(23)20-33(31)35-32/h1-20H/i1D,2D,5D,6D,8D,9D,12D,13D,16D,17D,19D. The van der Waals surface area contributed by atoms with Crippen LogP contribution < -0.4 is 0 Å². The van der Waals surface area contributed by atoms with E-state index in [4.69, 9.17) is 15.4 Å². The van der Waals surface area contributed by atoms with Gasteiger partial charge in [-0.2, -0.15) is 0 Å². The third-order valence-corrected chi connectivity index (χ3v) is 6.51. The lowest BCUT2D eigenvalue weighted by Crippen LogP contribution is -1.87. The summed E-state index contributed by atoms with van der Waals surface area (Å²) in [5.74, 6) is 0. The molecule has 0 aliphatic carbocycles. The van der Waals surface area contributed by atoms with Gasteiger partial charge in [0, 0.05) is 10.8 Å². The van der Waals surface area contributed by atoms with Crippen LogP contribution in [0.1, 0.15) is 15.1 Å². The van der Waals surface area contributed by atoms with Gasteiger partial charge in [-0.1, -0.05) is 84.7 Å². The maximum atomic E-state index is 9.50.